The molecule has 3 rings (SSSR count). The SMILES string of the molecule is COc1ccccc1N1CCN(CC2OCCO2)CC1(C)C. The van der Waals surface area contributed by atoms with Crippen LogP contribution in [0.4, 0.5) is 5.69 Å². The van der Waals surface area contributed by atoms with Crippen LogP contribution in [0.15, 0.2) is 24.3 Å². The van der Waals surface area contributed by atoms with Gasteiger partial charge < -0.3 is 19.1 Å². The third-order valence-corrected chi connectivity index (χ3v) is 4.46. The normalized spacial score (nSPS) is 23.0. The fourth-order valence-corrected chi connectivity index (χ4v) is 3.43. The number of anilines is 1. The van der Waals surface area contributed by atoms with Crippen LogP contribution in [0, 0.1) is 0 Å². The van der Waals surface area contributed by atoms with Crippen LogP contribution in [0.1, 0.15) is 13.8 Å². The highest BCUT2D eigenvalue weighted by Gasteiger charge is 2.36. The smallest absolute Gasteiger partial charge is 0.170 e. The fraction of sp³-hybridized carbons (Fsp3) is 0.647. The van der Waals surface area contributed by atoms with Crippen molar-refractivity contribution in [1.82, 2.24) is 4.90 Å². The molecule has 0 radical (unpaired) electrons. The van der Waals surface area contributed by atoms with Crippen molar-refractivity contribution in [1.29, 1.82) is 0 Å². The average Bonchev–Trinajstić information content (AvgIpc) is 2.99. The Morgan fingerprint density at radius 3 is 2.59 bits per heavy atom. The summed E-state index contributed by atoms with van der Waals surface area (Å²) in [6.07, 6.45) is -0.0615. The molecule has 122 valence electrons. The van der Waals surface area contributed by atoms with E-state index in [0.29, 0.717) is 0 Å². The lowest BCUT2D eigenvalue weighted by molar-refractivity contribution is -0.0661. The molecule has 2 aliphatic heterocycles. The Hall–Kier alpha value is -1.30. The zero-order valence-electron chi connectivity index (χ0n) is 13.7. The predicted molar refractivity (Wildman–Crippen MR) is 86.6 cm³/mol. The third kappa shape index (κ3) is 3.21. The second-order valence-corrected chi connectivity index (χ2v) is 6.54. The van der Waals surface area contributed by atoms with Crippen molar-refractivity contribution in [3.8, 4) is 5.75 Å². The summed E-state index contributed by atoms with van der Waals surface area (Å²) in [5, 5.41) is 0. The first kappa shape index (κ1) is 15.6. The van der Waals surface area contributed by atoms with Gasteiger partial charge in [-0.3, -0.25) is 4.90 Å². The summed E-state index contributed by atoms with van der Waals surface area (Å²) < 4.78 is 16.7. The summed E-state index contributed by atoms with van der Waals surface area (Å²) in [5.41, 5.74) is 1.20. The predicted octanol–water partition coefficient (Wildman–Crippen LogP) is 1.97. The van der Waals surface area contributed by atoms with E-state index in [9.17, 15) is 0 Å². The van der Waals surface area contributed by atoms with Crippen LogP contribution in [0.3, 0.4) is 0 Å². The van der Waals surface area contributed by atoms with Gasteiger partial charge in [0, 0.05) is 31.7 Å². The first-order valence-electron chi connectivity index (χ1n) is 7.96. The largest absolute Gasteiger partial charge is 0.495 e. The highest BCUT2D eigenvalue weighted by Crippen LogP contribution is 2.34. The lowest BCUT2D eigenvalue weighted by Gasteiger charge is -2.49. The van der Waals surface area contributed by atoms with E-state index in [4.69, 9.17) is 14.2 Å². The monoisotopic (exact) mass is 306 g/mol. The molecule has 1 aromatic carbocycles. The van der Waals surface area contributed by atoms with Gasteiger partial charge in [-0.05, 0) is 26.0 Å². The zero-order chi connectivity index (χ0) is 15.6. The van der Waals surface area contributed by atoms with Gasteiger partial charge in [-0.1, -0.05) is 12.1 Å². The molecule has 0 aromatic heterocycles. The van der Waals surface area contributed by atoms with E-state index in [1.54, 1.807) is 7.11 Å². The molecule has 0 atom stereocenters. The van der Waals surface area contributed by atoms with Crippen molar-refractivity contribution in [2.24, 2.45) is 0 Å². The van der Waals surface area contributed by atoms with Gasteiger partial charge in [0.1, 0.15) is 5.75 Å². The molecule has 5 heteroatoms. The first-order chi connectivity index (χ1) is 10.6. The van der Waals surface area contributed by atoms with E-state index < -0.39 is 0 Å². The van der Waals surface area contributed by atoms with Crippen LogP contribution in [-0.4, -0.2) is 63.2 Å². The maximum atomic E-state index is 5.57. The second kappa shape index (κ2) is 6.44. The van der Waals surface area contributed by atoms with E-state index >= 15 is 0 Å². The molecule has 2 saturated heterocycles. The van der Waals surface area contributed by atoms with E-state index in [-0.39, 0.29) is 11.8 Å². The van der Waals surface area contributed by atoms with Crippen LogP contribution in [0.2, 0.25) is 0 Å². The Balaban J connectivity index is 1.70. The highest BCUT2D eigenvalue weighted by molar-refractivity contribution is 5.60. The molecule has 0 saturated carbocycles. The Kier molecular flexibility index (Phi) is 4.57. The van der Waals surface area contributed by atoms with Gasteiger partial charge in [0.25, 0.3) is 0 Å². The quantitative estimate of drug-likeness (QED) is 0.849. The summed E-state index contributed by atoms with van der Waals surface area (Å²) in [7, 11) is 1.73. The number of hydrogen-bond acceptors (Lipinski definition) is 5. The summed E-state index contributed by atoms with van der Waals surface area (Å²) in [6, 6.07) is 8.25. The van der Waals surface area contributed by atoms with Crippen molar-refractivity contribution in [2.45, 2.75) is 25.7 Å². The van der Waals surface area contributed by atoms with Crippen molar-refractivity contribution in [3.05, 3.63) is 24.3 Å². The van der Waals surface area contributed by atoms with Crippen molar-refractivity contribution < 1.29 is 14.2 Å². The van der Waals surface area contributed by atoms with E-state index in [1.807, 2.05) is 12.1 Å². The van der Waals surface area contributed by atoms with Crippen LogP contribution >= 0.6 is 0 Å². The molecular formula is C17H26N2O3. The number of piperazine rings is 1. The van der Waals surface area contributed by atoms with Gasteiger partial charge in [0.2, 0.25) is 0 Å². The molecule has 0 amide bonds. The summed E-state index contributed by atoms with van der Waals surface area (Å²) >= 11 is 0. The summed E-state index contributed by atoms with van der Waals surface area (Å²) in [5.74, 6) is 0.937. The van der Waals surface area contributed by atoms with Crippen LogP contribution < -0.4 is 9.64 Å². The minimum Gasteiger partial charge on any atom is -0.495 e. The van der Waals surface area contributed by atoms with Crippen LogP contribution in [0.25, 0.3) is 0 Å². The Bertz CT molecular complexity index is 500. The maximum absolute atomic E-state index is 5.57. The standard InChI is InChI=1S/C17H26N2O3/c1-17(2)13-18(12-16-21-10-11-22-16)8-9-19(17)14-6-4-5-7-15(14)20-3/h4-7,16H,8-13H2,1-3H3. The summed E-state index contributed by atoms with van der Waals surface area (Å²) in [6.45, 7) is 9.80. The Morgan fingerprint density at radius 2 is 1.91 bits per heavy atom. The van der Waals surface area contributed by atoms with E-state index in [1.165, 1.54) is 5.69 Å². The molecule has 1 aromatic rings. The van der Waals surface area contributed by atoms with Gasteiger partial charge >= 0.3 is 0 Å². The molecule has 2 heterocycles. The number of hydrogen-bond donors (Lipinski definition) is 0. The Morgan fingerprint density at radius 1 is 1.18 bits per heavy atom. The first-order valence-corrected chi connectivity index (χ1v) is 7.96. The van der Waals surface area contributed by atoms with Gasteiger partial charge in [-0.25, -0.2) is 0 Å². The molecule has 22 heavy (non-hydrogen) atoms. The molecule has 2 aliphatic rings. The fourth-order valence-electron chi connectivity index (χ4n) is 3.43. The molecule has 0 aliphatic carbocycles. The second-order valence-electron chi connectivity index (χ2n) is 6.54. The summed E-state index contributed by atoms with van der Waals surface area (Å²) in [4.78, 5) is 4.88. The molecule has 5 nitrogen and oxygen atoms in total. The number of benzene rings is 1. The van der Waals surface area contributed by atoms with Gasteiger partial charge in [0.15, 0.2) is 6.29 Å². The minimum absolute atomic E-state index is 0.0332. The number of methoxy groups -OCH3 is 1. The highest BCUT2D eigenvalue weighted by atomic mass is 16.7. The van der Waals surface area contributed by atoms with Gasteiger partial charge in [-0.15, -0.1) is 0 Å². The molecule has 2 fully saturated rings. The van der Waals surface area contributed by atoms with Crippen LogP contribution in [-0.2, 0) is 9.47 Å². The minimum atomic E-state index is -0.0615. The van der Waals surface area contributed by atoms with Crippen molar-refractivity contribution >= 4 is 5.69 Å². The molecule has 0 N–H and O–H groups in total. The van der Waals surface area contributed by atoms with Crippen LogP contribution in [0.5, 0.6) is 5.75 Å². The number of para-hydroxylation sites is 2. The van der Waals surface area contributed by atoms with Gasteiger partial charge in [-0.2, -0.15) is 0 Å². The number of nitrogens with zero attached hydrogens (tertiary/aromatic N) is 2. The zero-order valence-corrected chi connectivity index (χ0v) is 13.7. The number of ether oxygens (including phenoxy) is 3. The molecule has 0 unspecified atom stereocenters. The molecule has 0 bridgehead atoms. The molecular weight excluding hydrogens is 280 g/mol. The van der Waals surface area contributed by atoms with Gasteiger partial charge in [0.05, 0.1) is 26.0 Å². The van der Waals surface area contributed by atoms with E-state index in [0.717, 1.165) is 45.1 Å². The topological polar surface area (TPSA) is 34.2 Å². The third-order valence-electron chi connectivity index (χ3n) is 4.46. The van der Waals surface area contributed by atoms with Crippen molar-refractivity contribution in [3.63, 3.8) is 0 Å². The average molecular weight is 306 g/mol. The number of rotatable bonds is 4. The maximum Gasteiger partial charge on any atom is 0.170 e. The van der Waals surface area contributed by atoms with Crippen molar-refractivity contribution in [2.75, 3.05) is 51.4 Å². The lowest BCUT2D eigenvalue weighted by atomic mass is 9.97. The Labute approximate surface area is 132 Å². The molecule has 0 spiro atoms. The van der Waals surface area contributed by atoms with E-state index in [2.05, 4.69) is 35.8 Å². The lowest BCUT2D eigenvalue weighted by Crippen LogP contribution is -2.60.